The molecule has 0 aliphatic rings. The van der Waals surface area contributed by atoms with E-state index < -0.39 is 24.2 Å². The van der Waals surface area contributed by atoms with Crippen LogP contribution in [0.5, 0.6) is 0 Å². The second-order valence-electron chi connectivity index (χ2n) is 13.8. The van der Waals surface area contributed by atoms with Crippen LogP contribution in [0.2, 0.25) is 0 Å². The van der Waals surface area contributed by atoms with Crippen molar-refractivity contribution in [3.63, 3.8) is 0 Å². The number of benzene rings is 10. The molecular weight excluding hydrogens is 665 g/mol. The maximum Gasteiger partial charge on any atom is 0.143 e. The fourth-order valence-electron chi connectivity index (χ4n) is 8.20. The standard InChI is InChI=1S/C54H34O/c1-2-15-36(16-3-1)54-53(49-26-10-11-27-50(49)55-54)41-20-13-18-38(33-41)37-17-12-19-40(32-37)51-45-22-6-8-24-47(45)52(48-25-9-7-23-46(48)51)42-30-31-44-39(34-42)29-28-35-14-4-5-21-43(35)44/h1-34H/i6D,7D,8D,9D,22D,23D,24D,25D. The Bertz CT molecular complexity index is 3640. The van der Waals surface area contributed by atoms with Crippen molar-refractivity contribution in [3.8, 4) is 55.8 Å². The Morgan fingerprint density at radius 2 is 0.800 bits per heavy atom. The van der Waals surface area contributed by atoms with Gasteiger partial charge in [0.2, 0.25) is 0 Å². The molecule has 0 atom stereocenters. The van der Waals surface area contributed by atoms with E-state index in [-0.39, 0.29) is 45.7 Å². The lowest BCUT2D eigenvalue weighted by Gasteiger charge is -2.18. The fraction of sp³-hybridized carbons (Fsp3) is 0. The third-order valence-electron chi connectivity index (χ3n) is 10.7. The summed E-state index contributed by atoms with van der Waals surface area (Å²) in [4.78, 5) is 0. The zero-order valence-electron chi connectivity index (χ0n) is 37.4. The van der Waals surface area contributed by atoms with Gasteiger partial charge in [-0.15, -0.1) is 0 Å². The second kappa shape index (κ2) is 12.7. The number of para-hydroxylation sites is 1. The van der Waals surface area contributed by atoms with Crippen LogP contribution in [-0.2, 0) is 0 Å². The summed E-state index contributed by atoms with van der Waals surface area (Å²) in [6.45, 7) is 0. The average Bonchev–Trinajstić information content (AvgIpc) is 3.73. The molecule has 55 heavy (non-hydrogen) atoms. The molecular formula is C54H34O. The quantitative estimate of drug-likeness (QED) is 0.128. The van der Waals surface area contributed by atoms with Crippen LogP contribution in [0.4, 0.5) is 0 Å². The summed E-state index contributed by atoms with van der Waals surface area (Å²) < 4.78 is 80.0. The second-order valence-corrected chi connectivity index (χ2v) is 13.8. The molecule has 1 heteroatoms. The van der Waals surface area contributed by atoms with Gasteiger partial charge in [0.05, 0.1) is 11.0 Å². The van der Waals surface area contributed by atoms with Crippen molar-refractivity contribution in [1.82, 2.24) is 0 Å². The molecule has 11 rings (SSSR count). The highest BCUT2D eigenvalue weighted by Crippen LogP contribution is 2.46. The molecule has 11 aromatic rings. The van der Waals surface area contributed by atoms with E-state index in [1.807, 2.05) is 133 Å². The van der Waals surface area contributed by atoms with Gasteiger partial charge in [0, 0.05) is 16.5 Å². The lowest BCUT2D eigenvalue weighted by atomic mass is 9.85. The third-order valence-corrected chi connectivity index (χ3v) is 10.7. The Balaban J connectivity index is 1.19. The first-order valence-corrected chi connectivity index (χ1v) is 18.3. The predicted octanol–water partition coefficient (Wildman–Crippen LogP) is 15.4. The van der Waals surface area contributed by atoms with E-state index >= 15 is 0 Å². The molecule has 1 aromatic heterocycles. The molecule has 1 heterocycles. The van der Waals surface area contributed by atoms with Crippen LogP contribution in [0.3, 0.4) is 0 Å². The van der Waals surface area contributed by atoms with Gasteiger partial charge in [-0.1, -0.05) is 182 Å². The molecule has 10 aromatic carbocycles. The minimum absolute atomic E-state index is 0.176. The first kappa shape index (κ1) is 24.2. The van der Waals surface area contributed by atoms with Gasteiger partial charge in [0.15, 0.2) is 0 Å². The highest BCUT2D eigenvalue weighted by Gasteiger charge is 2.20. The van der Waals surface area contributed by atoms with Crippen LogP contribution < -0.4 is 0 Å². The van der Waals surface area contributed by atoms with Gasteiger partial charge < -0.3 is 4.42 Å². The van der Waals surface area contributed by atoms with Crippen LogP contribution in [0.25, 0.3) is 110 Å². The minimum Gasteiger partial charge on any atom is -0.455 e. The molecule has 0 N–H and O–H groups in total. The Kier molecular flexibility index (Phi) is 5.59. The van der Waals surface area contributed by atoms with E-state index in [0.717, 1.165) is 66.1 Å². The van der Waals surface area contributed by atoms with Crippen LogP contribution in [0.15, 0.2) is 210 Å². The molecule has 0 saturated carbocycles. The lowest BCUT2D eigenvalue weighted by Crippen LogP contribution is -1.91. The number of hydrogen-bond donors (Lipinski definition) is 0. The number of furan rings is 1. The zero-order valence-corrected chi connectivity index (χ0v) is 29.4. The van der Waals surface area contributed by atoms with E-state index in [2.05, 4.69) is 24.3 Å². The van der Waals surface area contributed by atoms with Gasteiger partial charge in [-0.3, -0.25) is 0 Å². The number of fused-ring (bicyclic) bond motifs is 6. The van der Waals surface area contributed by atoms with Crippen LogP contribution in [0.1, 0.15) is 11.0 Å². The van der Waals surface area contributed by atoms with Gasteiger partial charge in [-0.2, -0.15) is 0 Å². The first-order valence-electron chi connectivity index (χ1n) is 22.3. The van der Waals surface area contributed by atoms with E-state index in [1.54, 1.807) is 0 Å². The van der Waals surface area contributed by atoms with Gasteiger partial charge >= 0.3 is 0 Å². The largest absolute Gasteiger partial charge is 0.455 e. The zero-order chi connectivity index (χ0) is 43.3. The summed E-state index contributed by atoms with van der Waals surface area (Å²) in [5.74, 6) is 0.753. The molecule has 0 unspecified atom stereocenters. The Labute approximate surface area is 330 Å². The van der Waals surface area contributed by atoms with Crippen molar-refractivity contribution in [2.45, 2.75) is 0 Å². The van der Waals surface area contributed by atoms with Crippen molar-refractivity contribution < 1.29 is 15.4 Å². The van der Waals surface area contributed by atoms with Crippen LogP contribution >= 0.6 is 0 Å². The molecule has 0 aliphatic carbocycles. The summed E-state index contributed by atoms with van der Waals surface area (Å²) in [6.07, 6.45) is 0. The van der Waals surface area contributed by atoms with Gasteiger partial charge in [0.1, 0.15) is 11.3 Å². The number of hydrogen-bond acceptors (Lipinski definition) is 1. The van der Waals surface area contributed by atoms with Crippen LogP contribution in [-0.4, -0.2) is 0 Å². The van der Waals surface area contributed by atoms with E-state index in [4.69, 9.17) is 9.90 Å². The maximum atomic E-state index is 9.48. The Morgan fingerprint density at radius 3 is 1.47 bits per heavy atom. The van der Waals surface area contributed by atoms with E-state index in [9.17, 15) is 5.48 Å². The molecule has 1 nitrogen and oxygen atoms in total. The summed E-state index contributed by atoms with van der Waals surface area (Å²) in [7, 11) is 0. The average molecular weight is 707 g/mol. The normalized spacial score (nSPS) is 13.7. The van der Waals surface area contributed by atoms with Crippen molar-refractivity contribution >= 4 is 54.1 Å². The van der Waals surface area contributed by atoms with Gasteiger partial charge in [-0.25, -0.2) is 0 Å². The Morgan fingerprint density at radius 1 is 0.309 bits per heavy atom. The first-order chi connectivity index (χ1) is 30.6. The molecule has 0 saturated heterocycles. The summed E-state index contributed by atoms with van der Waals surface area (Å²) >= 11 is 0. The lowest BCUT2D eigenvalue weighted by molar-refractivity contribution is 0.632. The molecule has 0 aliphatic heterocycles. The van der Waals surface area contributed by atoms with E-state index in [1.165, 1.54) is 0 Å². The van der Waals surface area contributed by atoms with Gasteiger partial charge in [0.25, 0.3) is 0 Å². The minimum atomic E-state index is -0.435. The maximum absolute atomic E-state index is 9.48. The third kappa shape index (κ3) is 5.16. The highest BCUT2D eigenvalue weighted by molar-refractivity contribution is 6.22. The molecule has 256 valence electrons. The summed E-state index contributed by atoms with van der Waals surface area (Å²) in [5, 5.41) is 5.69. The molecule has 0 spiro atoms. The SMILES string of the molecule is [2H]c1c([2H])c([2H])c2c(-c3ccc4c(ccc5ccccc54)c3)c3c([2H])c([2H])c([2H])c([2H])c3c(-c3cccc(-c4cccc(-c5c(-c6ccccc6)oc6ccccc56)c4)c3)c2c1[2H]. The van der Waals surface area contributed by atoms with Crippen molar-refractivity contribution in [2.24, 2.45) is 0 Å². The molecule has 0 fully saturated rings. The summed E-state index contributed by atoms with van der Waals surface area (Å²) in [5.41, 5.74) is 7.03. The number of rotatable bonds is 5. The Hall–Kier alpha value is -7.22. The monoisotopic (exact) mass is 706 g/mol. The summed E-state index contributed by atoms with van der Waals surface area (Å²) in [6, 6.07) is 48.7. The van der Waals surface area contributed by atoms with E-state index in [0.29, 0.717) is 22.3 Å². The molecule has 0 amide bonds. The van der Waals surface area contributed by atoms with Gasteiger partial charge in [-0.05, 0) is 106 Å². The van der Waals surface area contributed by atoms with Crippen molar-refractivity contribution in [2.75, 3.05) is 0 Å². The predicted molar refractivity (Wildman–Crippen MR) is 233 cm³/mol. The smallest absolute Gasteiger partial charge is 0.143 e. The fourth-order valence-corrected chi connectivity index (χ4v) is 8.20. The van der Waals surface area contributed by atoms with Crippen molar-refractivity contribution in [3.05, 3.63) is 206 Å². The highest BCUT2D eigenvalue weighted by atomic mass is 16.3. The van der Waals surface area contributed by atoms with Crippen molar-refractivity contribution in [1.29, 1.82) is 0 Å². The molecule has 0 bridgehead atoms. The van der Waals surface area contributed by atoms with Crippen LogP contribution in [0, 0.1) is 0 Å². The topological polar surface area (TPSA) is 13.1 Å². The molecule has 0 radical (unpaired) electrons.